The maximum absolute atomic E-state index is 4.24. The Morgan fingerprint density at radius 1 is 1.32 bits per heavy atom. The molecule has 0 fully saturated rings. The van der Waals surface area contributed by atoms with Crippen LogP contribution in [0.3, 0.4) is 0 Å². The maximum atomic E-state index is 4.24. The summed E-state index contributed by atoms with van der Waals surface area (Å²) in [6.07, 6.45) is 7.60. The van der Waals surface area contributed by atoms with Crippen LogP contribution in [-0.4, -0.2) is 15.8 Å². The molecule has 0 aliphatic heterocycles. The van der Waals surface area contributed by atoms with Gasteiger partial charge in [0.25, 0.3) is 0 Å². The fourth-order valence-corrected chi connectivity index (χ4v) is 2.95. The Morgan fingerprint density at radius 2 is 2.11 bits per heavy atom. The highest BCUT2D eigenvalue weighted by molar-refractivity contribution is 5.30. The first-order valence-corrected chi connectivity index (χ1v) is 7.04. The van der Waals surface area contributed by atoms with Crippen molar-refractivity contribution in [2.75, 3.05) is 0 Å². The maximum Gasteiger partial charge on any atom is 0.0537 e. The van der Waals surface area contributed by atoms with Crippen LogP contribution in [0.1, 0.15) is 36.1 Å². The summed E-state index contributed by atoms with van der Waals surface area (Å²) in [6, 6.07) is 9.75. The number of hydrogen-bond donors (Lipinski definition) is 1. The third-order valence-corrected chi connectivity index (χ3v) is 4.06. The van der Waals surface area contributed by atoms with Crippen LogP contribution in [0.25, 0.3) is 0 Å². The number of aromatic nitrogens is 2. The second kappa shape index (κ2) is 5.17. The average Bonchev–Trinajstić information content (AvgIpc) is 2.85. The Hall–Kier alpha value is -1.61. The first kappa shape index (κ1) is 12.4. The lowest BCUT2D eigenvalue weighted by atomic mass is 9.88. The third-order valence-electron chi connectivity index (χ3n) is 4.06. The van der Waals surface area contributed by atoms with Crippen molar-refractivity contribution in [1.82, 2.24) is 15.1 Å². The summed E-state index contributed by atoms with van der Waals surface area (Å²) in [5.41, 5.74) is 4.29. The van der Waals surface area contributed by atoms with E-state index in [1.54, 1.807) is 0 Å². The van der Waals surface area contributed by atoms with Crippen LogP contribution < -0.4 is 5.32 Å². The van der Waals surface area contributed by atoms with E-state index in [0.717, 1.165) is 6.42 Å². The van der Waals surface area contributed by atoms with Gasteiger partial charge < -0.3 is 5.32 Å². The van der Waals surface area contributed by atoms with E-state index in [1.807, 2.05) is 17.9 Å². The van der Waals surface area contributed by atoms with E-state index in [2.05, 4.69) is 47.8 Å². The van der Waals surface area contributed by atoms with Crippen molar-refractivity contribution in [3.63, 3.8) is 0 Å². The number of fused-ring (bicyclic) bond motifs is 1. The minimum Gasteiger partial charge on any atom is -0.307 e. The predicted octanol–water partition coefficient (Wildman–Crippen LogP) is 2.63. The summed E-state index contributed by atoms with van der Waals surface area (Å²) >= 11 is 0. The molecule has 3 heteroatoms. The molecule has 1 aromatic heterocycles. The minimum absolute atomic E-state index is 0.365. The molecular weight excluding hydrogens is 234 g/mol. The number of hydrogen-bond acceptors (Lipinski definition) is 2. The van der Waals surface area contributed by atoms with E-state index in [1.165, 1.54) is 29.5 Å². The first-order chi connectivity index (χ1) is 9.22. The average molecular weight is 255 g/mol. The van der Waals surface area contributed by atoms with Gasteiger partial charge in [0.15, 0.2) is 0 Å². The van der Waals surface area contributed by atoms with Crippen molar-refractivity contribution in [3.05, 3.63) is 53.3 Å². The Kier molecular flexibility index (Phi) is 3.38. The highest BCUT2D eigenvalue weighted by atomic mass is 15.2. The predicted molar refractivity (Wildman–Crippen MR) is 77.0 cm³/mol. The molecule has 0 amide bonds. The van der Waals surface area contributed by atoms with Crippen LogP contribution in [0.15, 0.2) is 36.7 Å². The molecule has 1 aromatic carbocycles. The molecule has 19 heavy (non-hydrogen) atoms. The molecule has 2 aromatic rings. The van der Waals surface area contributed by atoms with E-state index in [4.69, 9.17) is 0 Å². The lowest BCUT2D eigenvalue weighted by Crippen LogP contribution is -2.36. The highest BCUT2D eigenvalue weighted by Crippen LogP contribution is 2.23. The van der Waals surface area contributed by atoms with Crippen LogP contribution in [-0.2, 0) is 19.9 Å². The van der Waals surface area contributed by atoms with Gasteiger partial charge in [0.05, 0.1) is 6.20 Å². The molecule has 2 unspecified atom stereocenters. The molecule has 2 atom stereocenters. The molecule has 3 rings (SSSR count). The van der Waals surface area contributed by atoms with Crippen molar-refractivity contribution in [3.8, 4) is 0 Å². The van der Waals surface area contributed by atoms with Crippen LogP contribution >= 0.6 is 0 Å². The molecule has 1 heterocycles. The van der Waals surface area contributed by atoms with E-state index < -0.39 is 0 Å². The molecule has 0 saturated heterocycles. The molecule has 1 aliphatic carbocycles. The van der Waals surface area contributed by atoms with Gasteiger partial charge in [0.2, 0.25) is 0 Å². The molecule has 1 aliphatic rings. The zero-order valence-electron chi connectivity index (χ0n) is 11.6. The fraction of sp³-hybridized carbons (Fsp3) is 0.438. The van der Waals surface area contributed by atoms with Gasteiger partial charge in [0, 0.05) is 30.9 Å². The summed E-state index contributed by atoms with van der Waals surface area (Å²) in [4.78, 5) is 0. The molecule has 0 spiro atoms. The van der Waals surface area contributed by atoms with E-state index in [0.29, 0.717) is 12.1 Å². The molecule has 100 valence electrons. The normalized spacial score (nSPS) is 20.0. The van der Waals surface area contributed by atoms with Crippen LogP contribution in [0.5, 0.6) is 0 Å². The molecule has 0 radical (unpaired) electrons. The minimum atomic E-state index is 0.365. The standard InChI is InChI=1S/C16H21N3/c1-12(15-10-17-19(2)11-15)18-16-8-7-13-5-3-4-6-14(13)9-16/h3-6,10-12,16,18H,7-9H2,1-2H3. The molecule has 0 saturated carbocycles. The summed E-state index contributed by atoms with van der Waals surface area (Å²) in [7, 11) is 1.97. The van der Waals surface area contributed by atoms with Crippen molar-refractivity contribution in [2.45, 2.75) is 38.3 Å². The van der Waals surface area contributed by atoms with Gasteiger partial charge in [-0.1, -0.05) is 24.3 Å². The monoisotopic (exact) mass is 255 g/mol. The fourth-order valence-electron chi connectivity index (χ4n) is 2.95. The largest absolute Gasteiger partial charge is 0.307 e. The van der Waals surface area contributed by atoms with Crippen LogP contribution in [0.2, 0.25) is 0 Å². The zero-order valence-corrected chi connectivity index (χ0v) is 11.6. The third kappa shape index (κ3) is 2.71. The van der Waals surface area contributed by atoms with E-state index in [-0.39, 0.29) is 0 Å². The van der Waals surface area contributed by atoms with Gasteiger partial charge in [-0.15, -0.1) is 0 Å². The molecule has 1 N–H and O–H groups in total. The van der Waals surface area contributed by atoms with Gasteiger partial charge >= 0.3 is 0 Å². The summed E-state index contributed by atoms with van der Waals surface area (Å²) in [5.74, 6) is 0. The van der Waals surface area contributed by atoms with Gasteiger partial charge in [-0.3, -0.25) is 4.68 Å². The van der Waals surface area contributed by atoms with Gasteiger partial charge in [0.1, 0.15) is 0 Å². The van der Waals surface area contributed by atoms with Gasteiger partial charge in [-0.2, -0.15) is 5.10 Å². The number of aryl methyl sites for hydroxylation is 2. The summed E-state index contributed by atoms with van der Waals surface area (Å²) in [6.45, 7) is 2.22. The lowest BCUT2D eigenvalue weighted by Gasteiger charge is -2.28. The van der Waals surface area contributed by atoms with Crippen molar-refractivity contribution in [2.24, 2.45) is 7.05 Å². The van der Waals surface area contributed by atoms with Gasteiger partial charge in [-0.25, -0.2) is 0 Å². The first-order valence-electron chi connectivity index (χ1n) is 7.04. The SMILES string of the molecule is CC(NC1CCc2ccccc2C1)c1cnn(C)c1. The number of benzene rings is 1. The Bertz CT molecular complexity index is 559. The Balaban J connectivity index is 1.66. The number of nitrogens with zero attached hydrogens (tertiary/aromatic N) is 2. The Labute approximate surface area is 114 Å². The topological polar surface area (TPSA) is 29.9 Å². The molecule has 3 nitrogen and oxygen atoms in total. The Morgan fingerprint density at radius 3 is 2.84 bits per heavy atom. The zero-order chi connectivity index (χ0) is 13.2. The van der Waals surface area contributed by atoms with E-state index >= 15 is 0 Å². The van der Waals surface area contributed by atoms with Crippen LogP contribution in [0, 0.1) is 0 Å². The smallest absolute Gasteiger partial charge is 0.0537 e. The molecular formula is C16H21N3. The molecule has 0 bridgehead atoms. The van der Waals surface area contributed by atoms with Crippen molar-refractivity contribution >= 4 is 0 Å². The van der Waals surface area contributed by atoms with E-state index in [9.17, 15) is 0 Å². The second-order valence-electron chi connectivity index (χ2n) is 5.54. The summed E-state index contributed by atoms with van der Waals surface area (Å²) in [5, 5.41) is 7.98. The second-order valence-corrected chi connectivity index (χ2v) is 5.54. The number of nitrogens with one attached hydrogen (secondary N) is 1. The van der Waals surface area contributed by atoms with Crippen molar-refractivity contribution in [1.29, 1.82) is 0 Å². The lowest BCUT2D eigenvalue weighted by molar-refractivity contribution is 0.413. The van der Waals surface area contributed by atoms with Crippen LogP contribution in [0.4, 0.5) is 0 Å². The van der Waals surface area contributed by atoms with Crippen molar-refractivity contribution < 1.29 is 0 Å². The quantitative estimate of drug-likeness (QED) is 0.913. The summed E-state index contributed by atoms with van der Waals surface area (Å²) < 4.78 is 1.86. The van der Waals surface area contributed by atoms with Gasteiger partial charge in [-0.05, 0) is 37.3 Å². The highest BCUT2D eigenvalue weighted by Gasteiger charge is 2.20. The number of rotatable bonds is 3.